The zero-order valence-corrected chi connectivity index (χ0v) is 16.1. The van der Waals surface area contributed by atoms with E-state index in [4.69, 9.17) is 0 Å². The van der Waals surface area contributed by atoms with Gasteiger partial charge in [0, 0.05) is 23.5 Å². The lowest BCUT2D eigenvalue weighted by molar-refractivity contribution is -0.384. The summed E-state index contributed by atoms with van der Waals surface area (Å²) >= 11 is 0. The molecular weight excluding hydrogens is 396 g/mol. The average Bonchev–Trinajstić information content (AvgIpc) is 3.33. The van der Waals surface area contributed by atoms with Crippen molar-refractivity contribution in [3.05, 3.63) is 106 Å². The van der Waals surface area contributed by atoms with Gasteiger partial charge in [0.15, 0.2) is 0 Å². The van der Waals surface area contributed by atoms with Crippen LogP contribution in [0.1, 0.15) is 21.6 Å². The molecule has 4 aromatic rings. The molecule has 9 nitrogen and oxygen atoms in total. The van der Waals surface area contributed by atoms with E-state index in [1.807, 2.05) is 42.5 Å². The summed E-state index contributed by atoms with van der Waals surface area (Å²) in [6.45, 7) is 0. The lowest BCUT2D eigenvalue weighted by atomic mass is 10.1. The summed E-state index contributed by atoms with van der Waals surface area (Å²) in [7, 11) is 0. The number of aromatic nitrogens is 4. The number of carbonyl (C=O) groups is 1. The Morgan fingerprint density at radius 1 is 1.06 bits per heavy atom. The van der Waals surface area contributed by atoms with Crippen LogP contribution in [-0.4, -0.2) is 30.6 Å². The highest BCUT2D eigenvalue weighted by atomic mass is 16.6. The van der Waals surface area contributed by atoms with Crippen molar-refractivity contribution in [2.45, 2.75) is 0 Å². The minimum Gasteiger partial charge on any atom is -0.322 e. The number of nitro groups is 1. The molecule has 2 aromatic heterocycles. The van der Waals surface area contributed by atoms with Gasteiger partial charge in [-0.2, -0.15) is 5.10 Å². The molecule has 0 atom stereocenters. The van der Waals surface area contributed by atoms with Crippen LogP contribution in [-0.2, 0) is 0 Å². The van der Waals surface area contributed by atoms with Crippen LogP contribution in [0.5, 0.6) is 0 Å². The zero-order valence-electron chi connectivity index (χ0n) is 16.1. The van der Waals surface area contributed by atoms with E-state index in [1.165, 1.54) is 35.5 Å². The number of hydrogen-bond acceptors (Lipinski definition) is 6. The van der Waals surface area contributed by atoms with Crippen molar-refractivity contribution in [1.82, 2.24) is 19.7 Å². The van der Waals surface area contributed by atoms with E-state index in [1.54, 1.807) is 18.3 Å². The van der Waals surface area contributed by atoms with E-state index in [9.17, 15) is 14.9 Å². The first kappa shape index (κ1) is 19.6. The number of amides is 1. The molecule has 0 aliphatic carbocycles. The standard InChI is InChI=1S/C22H16N6O3/c29-22(17-8-10-20(21(13-17)28(30)31)27-15-23-14-25-27)26-19-6-3-4-16(12-19)7-9-18-5-1-2-11-24-18/h1-15H,(H,26,29)/b9-7+. The number of anilines is 1. The molecular formula is C22H16N6O3. The molecule has 0 aliphatic heterocycles. The number of pyridine rings is 1. The van der Waals surface area contributed by atoms with Crippen LogP contribution in [0.2, 0.25) is 0 Å². The molecule has 9 heteroatoms. The summed E-state index contributed by atoms with van der Waals surface area (Å²) in [4.78, 5) is 31.6. The van der Waals surface area contributed by atoms with E-state index in [-0.39, 0.29) is 16.9 Å². The van der Waals surface area contributed by atoms with E-state index < -0.39 is 10.8 Å². The fraction of sp³-hybridized carbons (Fsp3) is 0. The van der Waals surface area contributed by atoms with E-state index in [2.05, 4.69) is 20.4 Å². The van der Waals surface area contributed by atoms with Gasteiger partial charge in [0.1, 0.15) is 18.3 Å². The lowest BCUT2D eigenvalue weighted by Crippen LogP contribution is -2.13. The highest BCUT2D eigenvalue weighted by molar-refractivity contribution is 6.05. The SMILES string of the molecule is O=C(Nc1cccc(/C=C/c2ccccn2)c1)c1ccc(-n2cncn2)c([N+](=O)[O-])c1. The molecule has 0 aliphatic rings. The van der Waals surface area contributed by atoms with Gasteiger partial charge in [-0.05, 0) is 48.0 Å². The van der Waals surface area contributed by atoms with Crippen LogP contribution in [0.4, 0.5) is 11.4 Å². The van der Waals surface area contributed by atoms with Crippen molar-refractivity contribution >= 4 is 29.4 Å². The predicted molar refractivity (Wildman–Crippen MR) is 116 cm³/mol. The molecule has 1 amide bonds. The molecule has 0 unspecified atom stereocenters. The summed E-state index contributed by atoms with van der Waals surface area (Å²) in [6.07, 6.45) is 8.10. The second-order valence-corrected chi connectivity index (χ2v) is 6.47. The van der Waals surface area contributed by atoms with Gasteiger partial charge in [-0.25, -0.2) is 9.67 Å². The minimum absolute atomic E-state index is 0.157. The fourth-order valence-corrected chi connectivity index (χ4v) is 2.92. The molecule has 0 bridgehead atoms. The number of nitrogens with one attached hydrogen (secondary N) is 1. The number of rotatable bonds is 6. The van der Waals surface area contributed by atoms with Gasteiger partial charge in [0.25, 0.3) is 11.6 Å². The number of nitro benzene ring substituents is 1. The lowest BCUT2D eigenvalue weighted by Gasteiger charge is -2.08. The second kappa shape index (κ2) is 8.78. The first-order valence-electron chi connectivity index (χ1n) is 9.24. The summed E-state index contributed by atoms with van der Waals surface area (Å²) in [5.74, 6) is -0.459. The van der Waals surface area contributed by atoms with E-state index in [0.717, 1.165) is 11.3 Å². The Kier molecular flexibility index (Phi) is 5.57. The molecule has 2 aromatic carbocycles. The van der Waals surface area contributed by atoms with Crippen molar-refractivity contribution in [3.8, 4) is 5.69 Å². The molecule has 0 spiro atoms. The van der Waals surface area contributed by atoms with Gasteiger partial charge in [0.2, 0.25) is 0 Å². The molecule has 152 valence electrons. The molecule has 1 N–H and O–H groups in total. The molecule has 31 heavy (non-hydrogen) atoms. The second-order valence-electron chi connectivity index (χ2n) is 6.47. The van der Waals surface area contributed by atoms with Gasteiger partial charge >= 0.3 is 0 Å². The maximum atomic E-state index is 12.7. The topological polar surface area (TPSA) is 116 Å². The number of hydrogen-bond donors (Lipinski definition) is 1. The Bertz CT molecular complexity index is 1250. The fourth-order valence-electron chi connectivity index (χ4n) is 2.92. The smallest absolute Gasteiger partial charge is 0.295 e. The van der Waals surface area contributed by atoms with Crippen molar-refractivity contribution in [1.29, 1.82) is 0 Å². The monoisotopic (exact) mass is 412 g/mol. The van der Waals surface area contributed by atoms with Gasteiger partial charge in [-0.1, -0.05) is 24.3 Å². The summed E-state index contributed by atoms with van der Waals surface area (Å²) in [6, 6.07) is 17.1. The van der Waals surface area contributed by atoms with Gasteiger partial charge in [-0.3, -0.25) is 19.9 Å². The quantitative estimate of drug-likeness (QED) is 0.378. The molecule has 4 rings (SSSR count). The summed E-state index contributed by atoms with van der Waals surface area (Å²) < 4.78 is 1.28. The minimum atomic E-state index is -0.559. The summed E-state index contributed by atoms with van der Waals surface area (Å²) in [5, 5.41) is 18.2. The predicted octanol–water partition coefficient (Wildman–Crippen LogP) is 3.99. The van der Waals surface area contributed by atoms with E-state index >= 15 is 0 Å². The largest absolute Gasteiger partial charge is 0.322 e. The van der Waals surface area contributed by atoms with Crippen molar-refractivity contribution in [3.63, 3.8) is 0 Å². The van der Waals surface area contributed by atoms with Crippen LogP contribution >= 0.6 is 0 Å². The summed E-state index contributed by atoms with van der Waals surface area (Å²) in [5.41, 5.74) is 2.39. The van der Waals surface area contributed by atoms with Crippen molar-refractivity contribution < 1.29 is 9.72 Å². The van der Waals surface area contributed by atoms with Crippen LogP contribution in [0.3, 0.4) is 0 Å². The third-order valence-corrected chi connectivity index (χ3v) is 4.38. The Hall–Kier alpha value is -4.66. The van der Waals surface area contributed by atoms with Crippen LogP contribution in [0.15, 0.2) is 79.5 Å². The van der Waals surface area contributed by atoms with Crippen LogP contribution in [0.25, 0.3) is 17.8 Å². The van der Waals surface area contributed by atoms with Crippen LogP contribution < -0.4 is 5.32 Å². The maximum absolute atomic E-state index is 12.7. The number of carbonyl (C=O) groups excluding carboxylic acids is 1. The molecule has 0 saturated carbocycles. The third kappa shape index (κ3) is 4.67. The average molecular weight is 412 g/mol. The normalized spacial score (nSPS) is 10.8. The Morgan fingerprint density at radius 2 is 1.97 bits per heavy atom. The number of benzene rings is 2. The van der Waals surface area contributed by atoms with Gasteiger partial charge in [0.05, 0.1) is 10.6 Å². The van der Waals surface area contributed by atoms with Crippen LogP contribution in [0, 0.1) is 10.1 Å². The molecule has 0 saturated heterocycles. The third-order valence-electron chi connectivity index (χ3n) is 4.38. The van der Waals surface area contributed by atoms with Crippen molar-refractivity contribution in [2.24, 2.45) is 0 Å². The highest BCUT2D eigenvalue weighted by Crippen LogP contribution is 2.24. The molecule has 2 heterocycles. The Morgan fingerprint density at radius 3 is 2.71 bits per heavy atom. The Labute approximate surface area is 176 Å². The zero-order chi connectivity index (χ0) is 21.6. The van der Waals surface area contributed by atoms with E-state index in [0.29, 0.717) is 5.69 Å². The van der Waals surface area contributed by atoms with Gasteiger partial charge < -0.3 is 5.32 Å². The highest BCUT2D eigenvalue weighted by Gasteiger charge is 2.19. The maximum Gasteiger partial charge on any atom is 0.295 e. The number of nitrogens with zero attached hydrogens (tertiary/aromatic N) is 5. The molecule has 0 fully saturated rings. The van der Waals surface area contributed by atoms with Gasteiger partial charge in [-0.15, -0.1) is 0 Å². The Balaban J connectivity index is 1.54. The first-order chi connectivity index (χ1) is 15.1. The first-order valence-corrected chi connectivity index (χ1v) is 9.24. The van der Waals surface area contributed by atoms with Crippen molar-refractivity contribution in [2.75, 3.05) is 5.32 Å². The molecule has 0 radical (unpaired) electrons.